The van der Waals surface area contributed by atoms with Gasteiger partial charge in [-0.3, -0.25) is 20.4 Å². The molecule has 0 saturated carbocycles. The molecular formula is C16H19N3O3. The smallest absolute Gasteiger partial charge is 0.286 e. The molecule has 0 aliphatic rings. The van der Waals surface area contributed by atoms with Crippen molar-refractivity contribution < 1.29 is 14.3 Å². The molecule has 3 N–H and O–H groups in total. The Kier molecular flexibility index (Phi) is 5.19. The van der Waals surface area contributed by atoms with Gasteiger partial charge in [0.05, 0.1) is 0 Å². The van der Waals surface area contributed by atoms with Gasteiger partial charge in [-0.15, -0.1) is 0 Å². The Hall–Kier alpha value is -2.76. The molecule has 0 fully saturated rings. The topological polar surface area (TPSA) is 83.2 Å². The van der Waals surface area contributed by atoms with Crippen LogP contribution in [-0.2, 0) is 4.79 Å². The van der Waals surface area contributed by atoms with Crippen molar-refractivity contribution in [2.45, 2.75) is 19.8 Å². The molecular weight excluding hydrogens is 282 g/mol. The lowest BCUT2D eigenvalue weighted by molar-refractivity contribution is -0.123. The third-order valence-electron chi connectivity index (χ3n) is 3.06. The van der Waals surface area contributed by atoms with Gasteiger partial charge in [0, 0.05) is 6.20 Å². The molecule has 0 aliphatic carbocycles. The highest BCUT2D eigenvalue weighted by molar-refractivity contribution is 5.93. The maximum absolute atomic E-state index is 11.7. The van der Waals surface area contributed by atoms with Crippen molar-refractivity contribution in [3.63, 3.8) is 0 Å². The first-order valence-electron chi connectivity index (χ1n) is 7.02. The second-order valence-corrected chi connectivity index (χ2v) is 5.07. The van der Waals surface area contributed by atoms with Crippen LogP contribution in [0.5, 0.6) is 5.75 Å². The van der Waals surface area contributed by atoms with Crippen molar-refractivity contribution in [3.05, 3.63) is 53.9 Å². The fourth-order valence-electron chi connectivity index (χ4n) is 1.93. The van der Waals surface area contributed by atoms with Crippen LogP contribution in [0, 0.1) is 0 Å². The van der Waals surface area contributed by atoms with Crippen molar-refractivity contribution in [1.82, 2.24) is 15.8 Å². The Balaban J connectivity index is 1.82. The second kappa shape index (κ2) is 7.31. The van der Waals surface area contributed by atoms with Gasteiger partial charge >= 0.3 is 0 Å². The molecule has 0 bridgehead atoms. The molecule has 6 heteroatoms. The monoisotopic (exact) mass is 301 g/mol. The van der Waals surface area contributed by atoms with Crippen LogP contribution in [0.1, 0.15) is 35.8 Å². The number of aromatic amines is 1. The number of hydrogen-bond acceptors (Lipinski definition) is 3. The van der Waals surface area contributed by atoms with Crippen molar-refractivity contribution in [2.24, 2.45) is 0 Å². The van der Waals surface area contributed by atoms with Crippen LogP contribution in [0.3, 0.4) is 0 Å². The minimum Gasteiger partial charge on any atom is -0.483 e. The van der Waals surface area contributed by atoms with Gasteiger partial charge in [-0.2, -0.15) is 0 Å². The number of H-pyrrole nitrogens is 1. The lowest BCUT2D eigenvalue weighted by Gasteiger charge is -2.13. The van der Waals surface area contributed by atoms with E-state index in [2.05, 4.69) is 29.7 Å². The molecule has 116 valence electrons. The number of ether oxygens (including phenoxy) is 1. The van der Waals surface area contributed by atoms with Gasteiger partial charge in [0.2, 0.25) is 0 Å². The number of carbonyl (C=O) groups excluding carboxylic acids is 2. The Morgan fingerprint density at radius 2 is 1.91 bits per heavy atom. The van der Waals surface area contributed by atoms with E-state index in [0.717, 1.165) is 5.56 Å². The third kappa shape index (κ3) is 4.12. The molecule has 6 nitrogen and oxygen atoms in total. The average molecular weight is 301 g/mol. The number of benzene rings is 1. The Labute approximate surface area is 128 Å². The summed E-state index contributed by atoms with van der Waals surface area (Å²) in [5, 5.41) is 0. The second-order valence-electron chi connectivity index (χ2n) is 5.07. The van der Waals surface area contributed by atoms with Crippen LogP contribution in [-0.4, -0.2) is 23.4 Å². The zero-order valence-corrected chi connectivity index (χ0v) is 12.6. The van der Waals surface area contributed by atoms with Crippen LogP contribution in [0.4, 0.5) is 0 Å². The van der Waals surface area contributed by atoms with Crippen molar-refractivity contribution in [2.75, 3.05) is 6.61 Å². The molecule has 0 spiro atoms. The zero-order valence-electron chi connectivity index (χ0n) is 12.6. The van der Waals surface area contributed by atoms with E-state index in [0.29, 0.717) is 17.4 Å². The number of hydrogen-bond donors (Lipinski definition) is 3. The van der Waals surface area contributed by atoms with Crippen molar-refractivity contribution in [3.8, 4) is 5.75 Å². The maximum atomic E-state index is 11.7. The molecule has 0 unspecified atom stereocenters. The number of nitrogens with one attached hydrogen (secondary N) is 3. The van der Waals surface area contributed by atoms with Crippen LogP contribution in [0.25, 0.3) is 0 Å². The number of amides is 2. The Bertz CT molecular complexity index is 636. The van der Waals surface area contributed by atoms with Crippen LogP contribution >= 0.6 is 0 Å². The molecule has 0 saturated heterocycles. The van der Waals surface area contributed by atoms with Gasteiger partial charge in [0.1, 0.15) is 11.4 Å². The minimum absolute atomic E-state index is 0.172. The van der Waals surface area contributed by atoms with Gasteiger partial charge in [-0.05, 0) is 29.7 Å². The van der Waals surface area contributed by atoms with Gasteiger partial charge in [0.15, 0.2) is 6.61 Å². The molecule has 1 heterocycles. The quantitative estimate of drug-likeness (QED) is 0.738. The molecule has 0 aliphatic heterocycles. The molecule has 2 aromatic rings. The Morgan fingerprint density at radius 1 is 1.14 bits per heavy atom. The number of para-hydroxylation sites is 1. The number of carbonyl (C=O) groups is 2. The van der Waals surface area contributed by atoms with Crippen LogP contribution < -0.4 is 15.6 Å². The van der Waals surface area contributed by atoms with E-state index in [1.165, 1.54) is 0 Å². The van der Waals surface area contributed by atoms with Crippen molar-refractivity contribution >= 4 is 11.8 Å². The first kappa shape index (κ1) is 15.6. The summed E-state index contributed by atoms with van der Waals surface area (Å²) in [6.07, 6.45) is 1.63. The fraction of sp³-hybridized carbons (Fsp3) is 0.250. The lowest BCUT2D eigenvalue weighted by atomic mass is 10.0. The molecule has 0 atom stereocenters. The molecule has 0 radical (unpaired) electrons. The summed E-state index contributed by atoms with van der Waals surface area (Å²) in [6.45, 7) is 3.94. The minimum atomic E-state index is -0.432. The SMILES string of the molecule is CC(C)c1ccccc1OCC(=O)NNC(=O)c1ccc[nH]1. The van der Waals surface area contributed by atoms with E-state index in [4.69, 9.17) is 4.74 Å². The highest BCUT2D eigenvalue weighted by Crippen LogP contribution is 2.25. The van der Waals surface area contributed by atoms with Crippen molar-refractivity contribution in [1.29, 1.82) is 0 Å². The first-order chi connectivity index (χ1) is 10.6. The summed E-state index contributed by atoms with van der Waals surface area (Å²) in [6, 6.07) is 10.9. The fourth-order valence-corrected chi connectivity index (χ4v) is 1.93. The molecule has 2 amide bonds. The summed E-state index contributed by atoms with van der Waals surface area (Å²) >= 11 is 0. The summed E-state index contributed by atoms with van der Waals surface area (Å²) in [7, 11) is 0. The first-order valence-corrected chi connectivity index (χ1v) is 7.02. The highest BCUT2D eigenvalue weighted by atomic mass is 16.5. The van der Waals surface area contributed by atoms with E-state index in [9.17, 15) is 9.59 Å². The normalized spacial score (nSPS) is 10.3. The molecule has 1 aromatic carbocycles. The van der Waals surface area contributed by atoms with E-state index >= 15 is 0 Å². The lowest BCUT2D eigenvalue weighted by Crippen LogP contribution is -2.44. The number of aromatic nitrogens is 1. The van der Waals surface area contributed by atoms with Gasteiger partial charge in [-0.1, -0.05) is 32.0 Å². The summed E-state index contributed by atoms with van der Waals surface area (Å²) in [5.41, 5.74) is 6.02. The van der Waals surface area contributed by atoms with E-state index in [1.54, 1.807) is 18.3 Å². The average Bonchev–Trinajstić information content (AvgIpc) is 3.05. The third-order valence-corrected chi connectivity index (χ3v) is 3.06. The van der Waals surface area contributed by atoms with E-state index < -0.39 is 11.8 Å². The van der Waals surface area contributed by atoms with Crippen LogP contribution in [0.15, 0.2) is 42.6 Å². The van der Waals surface area contributed by atoms with Crippen LogP contribution in [0.2, 0.25) is 0 Å². The molecule has 1 aromatic heterocycles. The zero-order chi connectivity index (χ0) is 15.9. The van der Waals surface area contributed by atoms with E-state index in [1.807, 2.05) is 24.3 Å². The summed E-state index contributed by atoms with van der Waals surface area (Å²) < 4.78 is 5.51. The number of rotatable bonds is 5. The molecule has 22 heavy (non-hydrogen) atoms. The van der Waals surface area contributed by atoms with Gasteiger partial charge in [0.25, 0.3) is 11.8 Å². The predicted molar refractivity (Wildman–Crippen MR) is 82.4 cm³/mol. The largest absolute Gasteiger partial charge is 0.483 e. The predicted octanol–water partition coefficient (Wildman–Crippen LogP) is 1.98. The summed E-state index contributed by atoms with van der Waals surface area (Å²) in [5.74, 6) is 0.120. The number of hydrazine groups is 1. The highest BCUT2D eigenvalue weighted by Gasteiger charge is 2.10. The van der Waals surface area contributed by atoms with E-state index in [-0.39, 0.29) is 6.61 Å². The van der Waals surface area contributed by atoms with Gasteiger partial charge in [-0.25, -0.2) is 0 Å². The maximum Gasteiger partial charge on any atom is 0.286 e. The van der Waals surface area contributed by atoms with Gasteiger partial charge < -0.3 is 9.72 Å². The Morgan fingerprint density at radius 3 is 2.59 bits per heavy atom. The standard InChI is InChI=1S/C16H19N3O3/c1-11(2)12-6-3-4-8-14(12)22-10-15(20)18-19-16(21)13-7-5-9-17-13/h3-9,11,17H,10H2,1-2H3,(H,18,20)(H,19,21). The summed E-state index contributed by atoms with van der Waals surface area (Å²) in [4.78, 5) is 26.1. The molecule has 2 rings (SSSR count).